The molecule has 1 saturated heterocycles. The number of aliphatic hydroxyl groups excluding tert-OH is 1. The van der Waals surface area contributed by atoms with Crippen molar-refractivity contribution in [1.82, 2.24) is 14.9 Å². The summed E-state index contributed by atoms with van der Waals surface area (Å²) in [7, 11) is 3.65. The number of hydrogen-bond donors (Lipinski definition) is 1. The molecule has 0 saturated carbocycles. The number of amides is 1. The Bertz CT molecular complexity index is 1250. The predicted molar refractivity (Wildman–Crippen MR) is 129 cm³/mol. The molecule has 2 aliphatic rings. The molecule has 172 valence electrons. The lowest BCUT2D eigenvalue weighted by Gasteiger charge is -2.44. The Morgan fingerprint density at radius 1 is 1.15 bits per heavy atom. The number of aliphatic hydroxyl groups is 1. The van der Waals surface area contributed by atoms with Gasteiger partial charge >= 0.3 is 0 Å². The van der Waals surface area contributed by atoms with E-state index in [0.717, 1.165) is 34.5 Å². The third-order valence-electron chi connectivity index (χ3n) is 6.83. The van der Waals surface area contributed by atoms with Gasteiger partial charge in [-0.3, -0.25) is 9.78 Å². The van der Waals surface area contributed by atoms with E-state index < -0.39 is 0 Å². The molecule has 3 aromatic rings. The summed E-state index contributed by atoms with van der Waals surface area (Å²) in [4.78, 5) is 25.6. The van der Waals surface area contributed by atoms with Crippen molar-refractivity contribution in [3.05, 3.63) is 83.4 Å². The molecule has 1 fully saturated rings. The summed E-state index contributed by atoms with van der Waals surface area (Å²) in [6.07, 6.45) is 5.41. The maximum absolute atomic E-state index is 13.3. The van der Waals surface area contributed by atoms with Crippen molar-refractivity contribution in [2.75, 3.05) is 32.2 Å². The van der Waals surface area contributed by atoms with Gasteiger partial charge in [-0.15, -0.1) is 0 Å². The van der Waals surface area contributed by atoms with Crippen LogP contribution >= 0.6 is 0 Å². The highest BCUT2D eigenvalue weighted by molar-refractivity contribution is 5.92. The van der Waals surface area contributed by atoms with Crippen molar-refractivity contribution >= 4 is 11.6 Å². The summed E-state index contributed by atoms with van der Waals surface area (Å²) in [5.74, 6) is 7.25. The van der Waals surface area contributed by atoms with Crippen molar-refractivity contribution in [2.24, 2.45) is 5.92 Å². The zero-order valence-electron chi connectivity index (χ0n) is 19.2. The summed E-state index contributed by atoms with van der Waals surface area (Å²) in [5.41, 5.74) is 4.17. The molecule has 0 spiro atoms. The molecule has 5 rings (SSSR count). The van der Waals surface area contributed by atoms with Crippen LogP contribution in [0.2, 0.25) is 0 Å². The van der Waals surface area contributed by atoms with Gasteiger partial charge in [0.15, 0.2) is 0 Å². The van der Waals surface area contributed by atoms with Gasteiger partial charge in [-0.2, -0.15) is 0 Å². The second-order valence-corrected chi connectivity index (χ2v) is 8.60. The Hall–Kier alpha value is -3.89. The smallest absolute Gasteiger partial charge is 0.274 e. The van der Waals surface area contributed by atoms with E-state index in [-0.39, 0.29) is 30.5 Å². The van der Waals surface area contributed by atoms with Gasteiger partial charge < -0.3 is 19.6 Å². The quantitative estimate of drug-likeness (QED) is 0.613. The summed E-state index contributed by atoms with van der Waals surface area (Å²) in [6.45, 7) is 0.638. The Balaban J connectivity index is 1.52. The average Bonchev–Trinajstić information content (AvgIpc) is 3.33. The summed E-state index contributed by atoms with van der Waals surface area (Å²) < 4.78 is 5.21. The van der Waals surface area contributed by atoms with Gasteiger partial charge in [0.1, 0.15) is 11.4 Å². The number of fused-ring (bicyclic) bond motifs is 3. The van der Waals surface area contributed by atoms with Crippen LogP contribution in [-0.4, -0.2) is 59.2 Å². The van der Waals surface area contributed by atoms with Gasteiger partial charge in [0.05, 0.1) is 32.0 Å². The van der Waals surface area contributed by atoms with Gasteiger partial charge in [-0.1, -0.05) is 11.8 Å². The lowest BCUT2D eigenvalue weighted by atomic mass is 9.81. The van der Waals surface area contributed by atoms with E-state index in [0.29, 0.717) is 12.2 Å². The minimum atomic E-state index is -0.152. The summed E-state index contributed by atoms with van der Waals surface area (Å²) in [5, 5.41) is 10.2. The fourth-order valence-corrected chi connectivity index (χ4v) is 5.13. The van der Waals surface area contributed by atoms with E-state index in [9.17, 15) is 9.90 Å². The first-order valence-corrected chi connectivity index (χ1v) is 11.3. The minimum absolute atomic E-state index is 0.0311. The second kappa shape index (κ2) is 9.16. The summed E-state index contributed by atoms with van der Waals surface area (Å²) in [6, 6.07) is 13.5. The molecular weight excluding hydrogens is 428 g/mol. The van der Waals surface area contributed by atoms with Crippen molar-refractivity contribution in [3.63, 3.8) is 0 Å². The van der Waals surface area contributed by atoms with Crippen LogP contribution in [0.25, 0.3) is 0 Å². The number of ether oxygens (including phenoxy) is 1. The molecular formula is C27H26N4O3. The first-order chi connectivity index (χ1) is 16.6. The van der Waals surface area contributed by atoms with Crippen LogP contribution < -0.4 is 9.64 Å². The first-order valence-electron chi connectivity index (χ1n) is 11.3. The molecule has 34 heavy (non-hydrogen) atoms. The third-order valence-corrected chi connectivity index (χ3v) is 6.83. The monoisotopic (exact) mass is 454 g/mol. The SMILES string of the molecule is COc1ccc(C#Cc2ccc3c(c2)[C@H]2[C@H](CCN2C(=O)c2cnccn2)[C@H](CO)N3C)cc1. The van der Waals surface area contributed by atoms with Crippen LogP contribution in [0.15, 0.2) is 61.1 Å². The molecule has 1 N–H and O–H groups in total. The van der Waals surface area contributed by atoms with Gasteiger partial charge in [0.2, 0.25) is 0 Å². The molecule has 2 aromatic carbocycles. The number of rotatable bonds is 3. The summed E-state index contributed by atoms with van der Waals surface area (Å²) >= 11 is 0. The molecule has 0 aliphatic carbocycles. The highest BCUT2D eigenvalue weighted by atomic mass is 16.5. The number of likely N-dealkylation sites (tertiary alicyclic amines) is 1. The van der Waals surface area contributed by atoms with Crippen molar-refractivity contribution in [1.29, 1.82) is 0 Å². The van der Waals surface area contributed by atoms with Crippen molar-refractivity contribution in [2.45, 2.75) is 18.5 Å². The number of likely N-dealkylation sites (N-methyl/N-ethyl adjacent to an activating group) is 1. The number of benzene rings is 2. The maximum Gasteiger partial charge on any atom is 0.274 e. The minimum Gasteiger partial charge on any atom is -0.497 e. The van der Waals surface area contributed by atoms with Crippen molar-refractivity contribution in [3.8, 4) is 17.6 Å². The lowest BCUT2D eigenvalue weighted by Crippen LogP contribution is -2.48. The van der Waals surface area contributed by atoms with E-state index in [1.54, 1.807) is 13.3 Å². The van der Waals surface area contributed by atoms with Crippen LogP contribution in [0.5, 0.6) is 5.75 Å². The normalized spacial score (nSPS) is 20.7. The zero-order valence-corrected chi connectivity index (χ0v) is 19.2. The van der Waals surface area contributed by atoms with E-state index in [1.807, 2.05) is 48.3 Å². The fraction of sp³-hybridized carbons (Fsp3) is 0.296. The Kier molecular flexibility index (Phi) is 5.91. The van der Waals surface area contributed by atoms with Crippen LogP contribution in [0.3, 0.4) is 0 Å². The first kappa shape index (κ1) is 21.9. The molecule has 1 aromatic heterocycles. The molecule has 7 heteroatoms. The van der Waals surface area contributed by atoms with E-state index >= 15 is 0 Å². The number of anilines is 1. The van der Waals surface area contributed by atoms with Crippen molar-refractivity contribution < 1.29 is 14.6 Å². The van der Waals surface area contributed by atoms with Gasteiger partial charge in [-0.05, 0) is 54.4 Å². The number of carbonyl (C=O) groups excluding carboxylic acids is 1. The Labute approximate surface area is 199 Å². The second-order valence-electron chi connectivity index (χ2n) is 8.60. The number of aromatic nitrogens is 2. The number of hydrogen-bond acceptors (Lipinski definition) is 6. The molecule has 3 atom stereocenters. The third kappa shape index (κ3) is 3.87. The molecule has 2 aliphatic heterocycles. The standard InChI is InChI=1S/C27H26N4O3/c1-30-24-10-7-19(4-3-18-5-8-20(34-2)9-6-18)15-22(24)26-21(25(30)17-32)11-14-31(26)27(33)23-16-28-12-13-29-23/h5-10,12-13,15-16,21,25-26,32H,11,14,17H2,1-2H3/t21-,25+,26-/m1/s1. The number of carbonyl (C=O) groups is 1. The lowest BCUT2D eigenvalue weighted by molar-refractivity contribution is 0.0687. The zero-order chi connectivity index (χ0) is 23.7. The maximum atomic E-state index is 13.3. The Morgan fingerprint density at radius 2 is 1.91 bits per heavy atom. The largest absolute Gasteiger partial charge is 0.497 e. The topological polar surface area (TPSA) is 78.8 Å². The highest BCUT2D eigenvalue weighted by Gasteiger charge is 2.48. The predicted octanol–water partition coefficient (Wildman–Crippen LogP) is 2.90. The average molecular weight is 455 g/mol. The van der Waals surface area contributed by atoms with Crippen LogP contribution in [-0.2, 0) is 0 Å². The van der Waals surface area contributed by atoms with Gasteiger partial charge in [0, 0.05) is 48.7 Å². The van der Waals surface area contributed by atoms with Crippen LogP contribution in [0, 0.1) is 17.8 Å². The van der Waals surface area contributed by atoms with Gasteiger partial charge in [-0.25, -0.2) is 4.98 Å². The van der Waals surface area contributed by atoms with E-state index in [1.165, 1.54) is 12.4 Å². The van der Waals surface area contributed by atoms with E-state index in [2.05, 4.69) is 32.8 Å². The van der Waals surface area contributed by atoms with Crippen LogP contribution in [0.1, 0.15) is 39.6 Å². The molecule has 0 radical (unpaired) electrons. The number of nitrogens with zero attached hydrogens (tertiary/aromatic N) is 4. The molecule has 7 nitrogen and oxygen atoms in total. The van der Waals surface area contributed by atoms with Gasteiger partial charge in [0.25, 0.3) is 5.91 Å². The molecule has 0 unspecified atom stereocenters. The Morgan fingerprint density at radius 3 is 2.62 bits per heavy atom. The van der Waals surface area contributed by atoms with Crippen LogP contribution in [0.4, 0.5) is 5.69 Å². The molecule has 3 heterocycles. The van der Waals surface area contributed by atoms with E-state index in [4.69, 9.17) is 4.74 Å². The molecule has 1 amide bonds. The fourth-order valence-electron chi connectivity index (χ4n) is 5.13. The number of methoxy groups -OCH3 is 1. The highest BCUT2D eigenvalue weighted by Crippen LogP contribution is 2.49. The molecule has 0 bridgehead atoms.